The molecule has 27 heavy (non-hydrogen) atoms. The largest absolute Gasteiger partial charge is 0.480 e. The first kappa shape index (κ1) is 19.5. The normalized spacial score (nSPS) is 17.6. The lowest BCUT2D eigenvalue weighted by Crippen LogP contribution is -2.40. The van der Waals surface area contributed by atoms with Crippen LogP contribution in [0.3, 0.4) is 0 Å². The minimum Gasteiger partial charge on any atom is -0.480 e. The number of hydrogen-bond acceptors (Lipinski definition) is 8. The Bertz CT molecular complexity index is 902. The zero-order chi connectivity index (χ0) is 20.2. The predicted octanol–water partition coefficient (Wildman–Crippen LogP) is 2.67. The number of esters is 1. The molecule has 2 rings (SSSR count). The summed E-state index contributed by atoms with van der Waals surface area (Å²) in [5.41, 5.74) is -0.397. The highest BCUT2D eigenvalue weighted by Crippen LogP contribution is 2.39. The van der Waals surface area contributed by atoms with Crippen molar-refractivity contribution in [1.29, 1.82) is 21.2 Å². The van der Waals surface area contributed by atoms with E-state index in [2.05, 4.69) is 0 Å². The van der Waals surface area contributed by atoms with Gasteiger partial charge in [-0.15, -0.1) is 0 Å². The van der Waals surface area contributed by atoms with Crippen LogP contribution in [-0.2, 0) is 14.3 Å². The summed E-state index contributed by atoms with van der Waals surface area (Å²) in [4.78, 5) is 12.6. The van der Waals surface area contributed by atoms with Crippen LogP contribution in [0.2, 0.25) is 0 Å². The fourth-order valence-corrected chi connectivity index (χ4v) is 2.79. The summed E-state index contributed by atoms with van der Waals surface area (Å²) in [7, 11) is 0. The highest BCUT2D eigenvalue weighted by atomic mass is 16.8. The third kappa shape index (κ3) is 3.89. The predicted molar refractivity (Wildman–Crippen MR) is 91.6 cm³/mol. The molecule has 2 atom stereocenters. The van der Waals surface area contributed by atoms with E-state index < -0.39 is 41.2 Å². The summed E-state index contributed by atoms with van der Waals surface area (Å²) in [6, 6.07) is 13.4. The number of aliphatic hydroxyl groups excluding tert-OH is 1. The monoisotopic (exact) mass is 364 g/mol. The number of nitrogens with one attached hydrogen (secondary N) is 1. The Morgan fingerprint density at radius 1 is 1.11 bits per heavy atom. The summed E-state index contributed by atoms with van der Waals surface area (Å²) in [5.74, 6) is -7.02. The van der Waals surface area contributed by atoms with Gasteiger partial charge in [0.2, 0.25) is 0 Å². The zero-order valence-electron chi connectivity index (χ0n) is 14.6. The molecule has 0 bridgehead atoms. The number of cyclic esters (lactones) is 1. The molecule has 0 aliphatic carbocycles. The maximum Gasteiger partial charge on any atom is 0.345 e. The van der Waals surface area contributed by atoms with Gasteiger partial charge in [-0.3, -0.25) is 0 Å². The van der Waals surface area contributed by atoms with E-state index in [9.17, 15) is 15.2 Å². The Labute approximate surface area is 156 Å². The maximum absolute atomic E-state index is 12.6. The number of hydrogen-bond donors (Lipinski definition) is 2. The van der Waals surface area contributed by atoms with Gasteiger partial charge in [-0.1, -0.05) is 30.3 Å². The lowest BCUT2D eigenvalue weighted by molar-refractivity contribution is -0.222. The van der Waals surface area contributed by atoms with E-state index in [0.717, 1.165) is 0 Å². The SMILES string of the molecule is CC1(C)OC(=O)C([C@H](c2ccccc2)[C@H](C#N)C(=N)C(C#N)C#N)=C(O)O1. The molecular weight excluding hydrogens is 348 g/mol. The van der Waals surface area contributed by atoms with Gasteiger partial charge in [-0.05, 0) is 5.56 Å². The van der Waals surface area contributed by atoms with Crippen LogP contribution < -0.4 is 0 Å². The van der Waals surface area contributed by atoms with Crippen molar-refractivity contribution in [3.05, 3.63) is 47.4 Å². The molecule has 0 saturated carbocycles. The molecule has 2 N–H and O–H groups in total. The highest BCUT2D eigenvalue weighted by Gasteiger charge is 2.45. The summed E-state index contributed by atoms with van der Waals surface area (Å²) in [6.45, 7) is 2.86. The molecule has 1 aromatic rings. The van der Waals surface area contributed by atoms with Crippen LogP contribution in [0.25, 0.3) is 0 Å². The molecule has 0 radical (unpaired) electrons. The molecule has 0 fully saturated rings. The fraction of sp³-hybridized carbons (Fsp3) is 0.316. The van der Waals surface area contributed by atoms with Crippen LogP contribution in [0, 0.1) is 51.2 Å². The van der Waals surface area contributed by atoms with Gasteiger partial charge in [0, 0.05) is 19.8 Å². The number of aliphatic hydroxyl groups is 1. The first-order valence-corrected chi connectivity index (χ1v) is 7.93. The smallest absolute Gasteiger partial charge is 0.345 e. The molecule has 0 unspecified atom stereocenters. The molecular formula is C19H16N4O4. The first-order valence-electron chi connectivity index (χ1n) is 7.93. The number of nitriles is 3. The molecule has 136 valence electrons. The number of rotatable bonds is 5. The second-order valence-corrected chi connectivity index (χ2v) is 6.25. The van der Waals surface area contributed by atoms with Gasteiger partial charge in [-0.25, -0.2) is 4.79 Å². The lowest BCUT2D eigenvalue weighted by Gasteiger charge is -2.34. The average Bonchev–Trinajstić information content (AvgIpc) is 2.61. The van der Waals surface area contributed by atoms with Gasteiger partial charge >= 0.3 is 5.97 Å². The molecule has 0 amide bonds. The molecule has 8 heteroatoms. The molecule has 1 aromatic carbocycles. The summed E-state index contributed by atoms with van der Waals surface area (Å²) in [5, 5.41) is 46.3. The van der Waals surface area contributed by atoms with E-state index in [0.29, 0.717) is 5.56 Å². The van der Waals surface area contributed by atoms with Crippen LogP contribution in [0.5, 0.6) is 0 Å². The van der Waals surface area contributed by atoms with Crippen molar-refractivity contribution in [1.82, 2.24) is 0 Å². The Balaban J connectivity index is 2.66. The van der Waals surface area contributed by atoms with Crippen molar-refractivity contribution in [3.63, 3.8) is 0 Å². The maximum atomic E-state index is 12.6. The summed E-state index contributed by atoms with van der Waals surface area (Å²) in [6.07, 6.45) is 0. The van der Waals surface area contributed by atoms with Crippen molar-refractivity contribution >= 4 is 11.7 Å². The molecule has 0 spiro atoms. The van der Waals surface area contributed by atoms with E-state index in [1.807, 2.05) is 6.07 Å². The van der Waals surface area contributed by atoms with Gasteiger partial charge in [0.1, 0.15) is 5.57 Å². The number of nitrogens with zero attached hydrogens (tertiary/aromatic N) is 3. The van der Waals surface area contributed by atoms with E-state index in [-0.39, 0.29) is 5.57 Å². The number of benzene rings is 1. The summed E-state index contributed by atoms with van der Waals surface area (Å²) < 4.78 is 10.4. The zero-order valence-corrected chi connectivity index (χ0v) is 14.6. The number of carbonyl (C=O) groups is 1. The van der Waals surface area contributed by atoms with Crippen LogP contribution in [0.4, 0.5) is 0 Å². The van der Waals surface area contributed by atoms with Crippen molar-refractivity contribution < 1.29 is 19.4 Å². The number of ether oxygens (including phenoxy) is 2. The van der Waals surface area contributed by atoms with Crippen LogP contribution >= 0.6 is 0 Å². The second kappa shape index (κ2) is 7.59. The van der Waals surface area contributed by atoms with Crippen molar-refractivity contribution in [3.8, 4) is 18.2 Å². The van der Waals surface area contributed by atoms with Gasteiger partial charge in [-0.2, -0.15) is 15.8 Å². The lowest BCUT2D eigenvalue weighted by atomic mass is 9.76. The van der Waals surface area contributed by atoms with Crippen molar-refractivity contribution in [2.45, 2.75) is 25.6 Å². The van der Waals surface area contributed by atoms with Gasteiger partial charge < -0.3 is 20.0 Å². The van der Waals surface area contributed by atoms with Crippen LogP contribution in [0.1, 0.15) is 25.3 Å². The quantitative estimate of drug-likeness (QED) is 0.602. The summed E-state index contributed by atoms with van der Waals surface area (Å²) >= 11 is 0. The second-order valence-electron chi connectivity index (χ2n) is 6.25. The Morgan fingerprint density at radius 3 is 2.19 bits per heavy atom. The minimum absolute atomic E-state index is 0.341. The molecule has 0 saturated heterocycles. The van der Waals surface area contributed by atoms with Crippen LogP contribution in [0.15, 0.2) is 41.9 Å². The third-order valence-corrected chi connectivity index (χ3v) is 3.98. The molecule has 1 aliphatic rings. The van der Waals surface area contributed by atoms with E-state index in [1.165, 1.54) is 13.8 Å². The fourth-order valence-electron chi connectivity index (χ4n) is 2.79. The van der Waals surface area contributed by atoms with E-state index >= 15 is 0 Å². The first-order chi connectivity index (χ1) is 12.8. The third-order valence-electron chi connectivity index (χ3n) is 3.98. The van der Waals surface area contributed by atoms with Gasteiger partial charge in [0.15, 0.2) is 5.92 Å². The molecule has 1 heterocycles. The minimum atomic E-state index is -1.47. The van der Waals surface area contributed by atoms with Gasteiger partial charge in [0.25, 0.3) is 11.7 Å². The Kier molecular flexibility index (Phi) is 5.48. The molecule has 0 aromatic heterocycles. The van der Waals surface area contributed by atoms with Crippen molar-refractivity contribution in [2.24, 2.45) is 11.8 Å². The average molecular weight is 364 g/mol. The van der Waals surface area contributed by atoms with Crippen LogP contribution in [-0.4, -0.2) is 22.6 Å². The standard InChI is InChI=1S/C19H16N4O4/c1-19(2)26-17(24)15(18(25)27-19)14(11-6-4-3-5-7-11)13(10-22)16(23)12(8-20)9-21/h3-7,12-14,23-24H,1-2H3/t13-,14+/m0/s1. The van der Waals surface area contributed by atoms with E-state index in [4.69, 9.17) is 25.4 Å². The molecule has 1 aliphatic heterocycles. The topological polar surface area (TPSA) is 151 Å². The van der Waals surface area contributed by atoms with E-state index in [1.54, 1.807) is 42.5 Å². The van der Waals surface area contributed by atoms with Crippen molar-refractivity contribution in [2.75, 3.05) is 0 Å². The Morgan fingerprint density at radius 2 is 1.70 bits per heavy atom. The van der Waals surface area contributed by atoms with Gasteiger partial charge in [0.05, 0.1) is 29.8 Å². The Hall–Kier alpha value is -3.83. The highest BCUT2D eigenvalue weighted by molar-refractivity contribution is 5.97. The molecule has 8 nitrogen and oxygen atoms in total. The number of carbonyl (C=O) groups excluding carboxylic acids is 1.